The van der Waals surface area contributed by atoms with E-state index in [0.717, 1.165) is 58.5 Å². The van der Waals surface area contributed by atoms with Crippen LogP contribution in [0.5, 0.6) is 0 Å². The zero-order valence-electron chi connectivity index (χ0n) is 12.6. The number of unbranched alkanes of at least 4 members (excludes halogenated alkanes) is 1. The molecule has 2 nitrogen and oxygen atoms in total. The highest BCUT2D eigenvalue weighted by molar-refractivity contribution is 6.30. The van der Waals surface area contributed by atoms with Crippen LogP contribution >= 0.6 is 11.6 Å². The first-order valence-electron chi connectivity index (χ1n) is 7.58. The maximum atomic E-state index is 11.3. The number of benzene rings is 1. The molecule has 3 rings (SSSR count). The third-order valence-electron chi connectivity index (χ3n) is 4.03. The van der Waals surface area contributed by atoms with E-state index >= 15 is 0 Å². The van der Waals surface area contributed by atoms with Crippen LogP contribution in [0.3, 0.4) is 0 Å². The Kier molecular flexibility index (Phi) is 4.30. The van der Waals surface area contributed by atoms with Gasteiger partial charge in [0.05, 0.1) is 5.69 Å². The van der Waals surface area contributed by atoms with Crippen LogP contribution in [0.25, 0.3) is 16.8 Å². The summed E-state index contributed by atoms with van der Waals surface area (Å²) in [5.74, 6) is 0. The number of halogens is 1. The summed E-state index contributed by atoms with van der Waals surface area (Å²) in [6.45, 7) is 2.16. The molecule has 2 aromatic heterocycles. The van der Waals surface area contributed by atoms with Gasteiger partial charge in [-0.1, -0.05) is 37.1 Å². The maximum Gasteiger partial charge on any atom is 0.150 e. The molecule has 2 heterocycles. The van der Waals surface area contributed by atoms with E-state index in [1.54, 1.807) is 0 Å². The van der Waals surface area contributed by atoms with E-state index in [0.29, 0.717) is 0 Å². The van der Waals surface area contributed by atoms with Gasteiger partial charge in [0.2, 0.25) is 0 Å². The molecular formula is C19H18ClNO. The molecule has 3 heteroatoms. The largest absolute Gasteiger partial charge is 0.316 e. The van der Waals surface area contributed by atoms with Crippen molar-refractivity contribution in [3.05, 3.63) is 64.8 Å². The highest BCUT2D eigenvalue weighted by atomic mass is 35.5. The van der Waals surface area contributed by atoms with Crippen molar-refractivity contribution in [1.82, 2.24) is 4.40 Å². The second-order valence-corrected chi connectivity index (χ2v) is 5.89. The number of hydrogen-bond donors (Lipinski definition) is 0. The number of fused-ring (bicyclic) bond motifs is 1. The van der Waals surface area contributed by atoms with Gasteiger partial charge in [0.15, 0.2) is 0 Å². The van der Waals surface area contributed by atoms with Gasteiger partial charge in [0.25, 0.3) is 0 Å². The van der Waals surface area contributed by atoms with E-state index in [-0.39, 0.29) is 0 Å². The SMILES string of the molecule is CCCCc1c(C=O)ccn2c(-c3ccc(Cl)cc3)ccc12. The van der Waals surface area contributed by atoms with Gasteiger partial charge in [0, 0.05) is 22.3 Å². The number of hydrogen-bond acceptors (Lipinski definition) is 1. The predicted octanol–water partition coefficient (Wildman–Crippen LogP) is 5.41. The molecule has 0 radical (unpaired) electrons. The number of aldehydes is 1. The number of aryl methyl sites for hydroxylation is 1. The summed E-state index contributed by atoms with van der Waals surface area (Å²) in [6.07, 6.45) is 6.06. The number of pyridine rings is 1. The summed E-state index contributed by atoms with van der Waals surface area (Å²) in [7, 11) is 0. The van der Waals surface area contributed by atoms with Gasteiger partial charge in [-0.2, -0.15) is 0 Å². The van der Waals surface area contributed by atoms with Crippen LogP contribution in [0.15, 0.2) is 48.7 Å². The molecule has 0 bridgehead atoms. The molecule has 0 atom stereocenters. The molecule has 0 spiro atoms. The fraction of sp³-hybridized carbons (Fsp3) is 0.211. The summed E-state index contributed by atoms with van der Waals surface area (Å²) < 4.78 is 2.15. The lowest BCUT2D eigenvalue weighted by Gasteiger charge is -2.10. The quantitative estimate of drug-likeness (QED) is 0.577. The second-order valence-electron chi connectivity index (χ2n) is 5.45. The summed E-state index contributed by atoms with van der Waals surface area (Å²) in [4.78, 5) is 11.3. The van der Waals surface area contributed by atoms with Gasteiger partial charge < -0.3 is 4.40 Å². The molecule has 0 saturated heterocycles. The van der Waals surface area contributed by atoms with Crippen LogP contribution in [0.1, 0.15) is 35.7 Å². The van der Waals surface area contributed by atoms with Crippen LogP contribution in [-0.2, 0) is 6.42 Å². The molecule has 0 unspecified atom stereocenters. The molecule has 0 aliphatic carbocycles. The van der Waals surface area contributed by atoms with Crippen molar-refractivity contribution in [2.24, 2.45) is 0 Å². The molecule has 0 aliphatic rings. The van der Waals surface area contributed by atoms with Crippen LogP contribution in [0.4, 0.5) is 0 Å². The number of rotatable bonds is 5. The Balaban J connectivity index is 2.15. The Hall–Kier alpha value is -2.06. The summed E-state index contributed by atoms with van der Waals surface area (Å²) in [5.41, 5.74) is 5.27. The van der Waals surface area contributed by atoms with Crippen molar-refractivity contribution in [1.29, 1.82) is 0 Å². The Morgan fingerprint density at radius 1 is 1.09 bits per heavy atom. The Morgan fingerprint density at radius 2 is 1.86 bits per heavy atom. The molecule has 3 aromatic rings. The average Bonchev–Trinajstić information content (AvgIpc) is 2.97. The van der Waals surface area contributed by atoms with Gasteiger partial charge in [-0.05, 0) is 54.3 Å². The monoisotopic (exact) mass is 311 g/mol. The number of aromatic nitrogens is 1. The highest BCUT2D eigenvalue weighted by Gasteiger charge is 2.11. The first-order chi connectivity index (χ1) is 10.7. The smallest absolute Gasteiger partial charge is 0.150 e. The minimum Gasteiger partial charge on any atom is -0.316 e. The first-order valence-corrected chi connectivity index (χ1v) is 7.96. The lowest BCUT2D eigenvalue weighted by atomic mass is 10.0. The number of carbonyl (C=O) groups excluding carboxylic acids is 1. The minimum absolute atomic E-state index is 0.733. The third-order valence-corrected chi connectivity index (χ3v) is 4.28. The van der Waals surface area contributed by atoms with Crippen LogP contribution in [0, 0.1) is 0 Å². The summed E-state index contributed by atoms with van der Waals surface area (Å²) in [5, 5.41) is 0.733. The Labute approximate surface area is 135 Å². The molecule has 112 valence electrons. The standard InChI is InChI=1S/C19H18ClNO/c1-2-3-4-17-15(13-22)11-12-21-18(9-10-19(17)21)14-5-7-16(20)8-6-14/h5-13H,2-4H2,1H3. The molecular weight excluding hydrogens is 294 g/mol. The van der Waals surface area contributed by atoms with Gasteiger partial charge in [-0.3, -0.25) is 4.79 Å². The first kappa shape index (κ1) is 14.9. The average molecular weight is 312 g/mol. The second kappa shape index (κ2) is 6.37. The normalized spacial score (nSPS) is 11.0. The third kappa shape index (κ3) is 2.67. The molecule has 0 amide bonds. The van der Waals surface area contributed by atoms with Crippen molar-refractivity contribution < 1.29 is 4.79 Å². The van der Waals surface area contributed by atoms with Crippen molar-refractivity contribution >= 4 is 23.4 Å². The van der Waals surface area contributed by atoms with Crippen molar-refractivity contribution in [3.8, 4) is 11.3 Å². The molecule has 0 aliphatic heterocycles. The summed E-state index contributed by atoms with van der Waals surface area (Å²) in [6, 6.07) is 13.9. The number of nitrogens with zero attached hydrogens (tertiary/aromatic N) is 1. The Bertz CT molecular complexity index is 802. The Morgan fingerprint density at radius 3 is 2.55 bits per heavy atom. The van der Waals surface area contributed by atoms with E-state index in [2.05, 4.69) is 23.5 Å². The van der Waals surface area contributed by atoms with Gasteiger partial charge >= 0.3 is 0 Å². The van der Waals surface area contributed by atoms with Crippen LogP contribution in [-0.4, -0.2) is 10.7 Å². The topological polar surface area (TPSA) is 21.5 Å². The van der Waals surface area contributed by atoms with E-state index in [9.17, 15) is 4.79 Å². The zero-order chi connectivity index (χ0) is 15.5. The van der Waals surface area contributed by atoms with Crippen LogP contribution in [0.2, 0.25) is 5.02 Å². The van der Waals surface area contributed by atoms with Gasteiger partial charge in [0.1, 0.15) is 6.29 Å². The fourth-order valence-corrected chi connectivity index (χ4v) is 2.98. The van der Waals surface area contributed by atoms with Crippen molar-refractivity contribution in [2.75, 3.05) is 0 Å². The van der Waals surface area contributed by atoms with Crippen molar-refractivity contribution in [3.63, 3.8) is 0 Å². The molecule has 22 heavy (non-hydrogen) atoms. The molecule has 0 saturated carbocycles. The predicted molar refractivity (Wildman–Crippen MR) is 91.8 cm³/mol. The van der Waals surface area contributed by atoms with Gasteiger partial charge in [-0.25, -0.2) is 0 Å². The fourth-order valence-electron chi connectivity index (χ4n) is 2.85. The maximum absolute atomic E-state index is 11.3. The lowest BCUT2D eigenvalue weighted by Crippen LogP contribution is -1.99. The van der Waals surface area contributed by atoms with E-state index < -0.39 is 0 Å². The molecule has 1 aromatic carbocycles. The molecule has 0 fully saturated rings. The van der Waals surface area contributed by atoms with E-state index in [1.165, 1.54) is 0 Å². The number of carbonyl (C=O) groups is 1. The van der Waals surface area contributed by atoms with E-state index in [1.807, 2.05) is 36.5 Å². The van der Waals surface area contributed by atoms with Gasteiger partial charge in [-0.15, -0.1) is 0 Å². The van der Waals surface area contributed by atoms with Crippen molar-refractivity contribution in [2.45, 2.75) is 26.2 Å². The zero-order valence-corrected chi connectivity index (χ0v) is 13.3. The minimum atomic E-state index is 0.733. The van der Waals surface area contributed by atoms with Crippen LogP contribution < -0.4 is 0 Å². The molecule has 0 N–H and O–H groups in total. The van der Waals surface area contributed by atoms with E-state index in [4.69, 9.17) is 11.6 Å². The lowest BCUT2D eigenvalue weighted by molar-refractivity contribution is 0.112. The highest BCUT2D eigenvalue weighted by Crippen LogP contribution is 2.27. The summed E-state index contributed by atoms with van der Waals surface area (Å²) >= 11 is 5.97.